The Hall–Kier alpha value is -2.01. The van der Waals surface area contributed by atoms with Gasteiger partial charge in [0.2, 0.25) is 0 Å². The van der Waals surface area contributed by atoms with Crippen molar-refractivity contribution in [3.63, 3.8) is 0 Å². The number of aromatic nitrogens is 1. The summed E-state index contributed by atoms with van der Waals surface area (Å²) in [5.41, 5.74) is 1.89. The molecule has 2 aromatic rings. The number of ether oxygens (including phenoxy) is 2. The van der Waals surface area contributed by atoms with Crippen molar-refractivity contribution in [1.82, 2.24) is 4.57 Å². The van der Waals surface area contributed by atoms with Crippen molar-refractivity contribution in [2.75, 3.05) is 13.7 Å². The van der Waals surface area contributed by atoms with E-state index in [1.807, 2.05) is 12.3 Å². The average Bonchev–Trinajstić information content (AvgIpc) is 3.45. The Balaban J connectivity index is 2.06. The molecule has 1 saturated carbocycles. The highest BCUT2D eigenvalue weighted by atomic mass is 28.3. The molecule has 25 heavy (non-hydrogen) atoms. The molecule has 1 aromatic carbocycles. The number of aryl methyl sites for hydroxylation is 1. The van der Waals surface area contributed by atoms with Crippen molar-refractivity contribution < 1.29 is 9.47 Å². The molecule has 1 heterocycles. The van der Waals surface area contributed by atoms with Crippen LogP contribution in [0.4, 0.5) is 0 Å². The van der Waals surface area contributed by atoms with Gasteiger partial charge in [-0.05, 0) is 30.9 Å². The molecule has 1 aliphatic carbocycles. The summed E-state index contributed by atoms with van der Waals surface area (Å²) >= 11 is 0. The number of rotatable bonds is 7. The zero-order chi connectivity index (χ0) is 18.0. The van der Waals surface area contributed by atoms with Gasteiger partial charge in [0.05, 0.1) is 22.5 Å². The predicted molar refractivity (Wildman–Crippen MR) is 105 cm³/mol. The van der Waals surface area contributed by atoms with E-state index < -0.39 is 8.80 Å². The first kappa shape index (κ1) is 17.8. The number of pyridine rings is 1. The lowest BCUT2D eigenvalue weighted by Gasteiger charge is -2.16. The fourth-order valence-electron chi connectivity index (χ4n) is 2.91. The molecular weight excluding hydrogens is 330 g/mol. The molecule has 3 rings (SSSR count). The van der Waals surface area contributed by atoms with Crippen LogP contribution in [0.25, 0.3) is 11.1 Å². The molecule has 0 amide bonds. The first-order valence-corrected chi connectivity index (χ1v) is 11.6. The fraction of sp³-hybridized carbons (Fsp3) is 0.450. The van der Waals surface area contributed by atoms with Gasteiger partial charge in [0, 0.05) is 24.4 Å². The van der Waals surface area contributed by atoms with E-state index in [0.29, 0.717) is 11.7 Å². The van der Waals surface area contributed by atoms with E-state index in [1.54, 1.807) is 11.6 Å². The SMILES string of the molecule is CC[Si@@H](C)c1ccc(OCC2CC2)c(-c2cc(OC)c(=O)n(C)c2)c1. The number of methoxy groups -OCH3 is 1. The second-order valence-electron chi connectivity index (χ2n) is 7.03. The molecule has 5 heteroatoms. The Morgan fingerprint density at radius 2 is 2.00 bits per heavy atom. The molecule has 0 bridgehead atoms. The van der Waals surface area contributed by atoms with E-state index in [9.17, 15) is 4.79 Å². The summed E-state index contributed by atoms with van der Waals surface area (Å²) in [7, 11) is 2.36. The van der Waals surface area contributed by atoms with Crippen LogP contribution in [0.3, 0.4) is 0 Å². The second-order valence-corrected chi connectivity index (χ2v) is 10.3. The van der Waals surface area contributed by atoms with Crippen molar-refractivity contribution in [2.45, 2.75) is 32.4 Å². The van der Waals surface area contributed by atoms with E-state index >= 15 is 0 Å². The smallest absolute Gasteiger partial charge is 0.292 e. The lowest BCUT2D eigenvalue weighted by atomic mass is 10.1. The highest BCUT2D eigenvalue weighted by Crippen LogP contribution is 2.34. The van der Waals surface area contributed by atoms with E-state index in [4.69, 9.17) is 9.47 Å². The summed E-state index contributed by atoms with van der Waals surface area (Å²) in [6.07, 6.45) is 4.40. The van der Waals surface area contributed by atoms with E-state index in [2.05, 4.69) is 31.7 Å². The maximum Gasteiger partial charge on any atom is 0.292 e. The Morgan fingerprint density at radius 1 is 1.24 bits per heavy atom. The summed E-state index contributed by atoms with van der Waals surface area (Å²) in [6, 6.07) is 9.61. The van der Waals surface area contributed by atoms with Gasteiger partial charge in [0.25, 0.3) is 5.56 Å². The van der Waals surface area contributed by atoms with Crippen LogP contribution in [-0.4, -0.2) is 27.1 Å². The van der Waals surface area contributed by atoms with Crippen LogP contribution in [-0.2, 0) is 7.05 Å². The van der Waals surface area contributed by atoms with Crippen molar-refractivity contribution in [2.24, 2.45) is 13.0 Å². The third-order valence-corrected chi connectivity index (χ3v) is 7.76. The van der Waals surface area contributed by atoms with Gasteiger partial charge in [-0.25, -0.2) is 0 Å². The highest BCUT2D eigenvalue weighted by molar-refractivity contribution is 6.72. The molecular formula is C20H27NO3Si. The van der Waals surface area contributed by atoms with Crippen molar-refractivity contribution in [3.05, 3.63) is 40.8 Å². The van der Waals surface area contributed by atoms with E-state index in [1.165, 1.54) is 31.2 Å². The van der Waals surface area contributed by atoms with Crippen LogP contribution in [0, 0.1) is 5.92 Å². The Morgan fingerprint density at radius 3 is 2.64 bits per heavy atom. The summed E-state index contributed by atoms with van der Waals surface area (Å²) < 4.78 is 13.0. The summed E-state index contributed by atoms with van der Waals surface area (Å²) in [5, 5.41) is 1.42. The van der Waals surface area contributed by atoms with Crippen molar-refractivity contribution in [3.8, 4) is 22.6 Å². The molecule has 0 aliphatic heterocycles. The molecule has 1 aliphatic rings. The van der Waals surface area contributed by atoms with E-state index in [0.717, 1.165) is 23.5 Å². The van der Waals surface area contributed by atoms with Crippen LogP contribution in [0.15, 0.2) is 35.3 Å². The molecule has 1 atom stereocenters. The first-order valence-electron chi connectivity index (χ1n) is 9.05. The minimum atomic E-state index is -0.936. The van der Waals surface area contributed by atoms with E-state index in [-0.39, 0.29) is 5.56 Å². The maximum absolute atomic E-state index is 12.1. The van der Waals surface area contributed by atoms with Gasteiger partial charge in [-0.15, -0.1) is 0 Å². The second kappa shape index (κ2) is 7.48. The van der Waals surface area contributed by atoms with Crippen LogP contribution in [0.2, 0.25) is 12.6 Å². The van der Waals surface area contributed by atoms with Gasteiger partial charge in [0.15, 0.2) is 5.75 Å². The van der Waals surface area contributed by atoms with Crippen LogP contribution in [0.5, 0.6) is 11.5 Å². The Labute approximate surface area is 151 Å². The zero-order valence-corrected chi connectivity index (χ0v) is 16.7. The van der Waals surface area contributed by atoms with Gasteiger partial charge in [0.1, 0.15) is 5.75 Å². The molecule has 0 radical (unpaired) electrons. The van der Waals surface area contributed by atoms with Crippen LogP contribution in [0.1, 0.15) is 19.8 Å². The van der Waals surface area contributed by atoms with Crippen LogP contribution < -0.4 is 20.2 Å². The highest BCUT2D eigenvalue weighted by Gasteiger charge is 2.23. The lowest BCUT2D eigenvalue weighted by Crippen LogP contribution is -2.25. The van der Waals surface area contributed by atoms with Gasteiger partial charge >= 0.3 is 0 Å². The number of hydrogen-bond donors (Lipinski definition) is 0. The minimum Gasteiger partial charge on any atom is -0.493 e. The van der Waals surface area contributed by atoms with Gasteiger partial charge in [-0.3, -0.25) is 4.79 Å². The maximum atomic E-state index is 12.1. The average molecular weight is 358 g/mol. The monoisotopic (exact) mass is 357 g/mol. The summed E-state index contributed by atoms with van der Waals surface area (Å²) in [6.45, 7) is 5.39. The van der Waals surface area contributed by atoms with Gasteiger partial charge in [-0.2, -0.15) is 0 Å². The minimum absolute atomic E-state index is 0.126. The summed E-state index contributed by atoms with van der Waals surface area (Å²) in [4.78, 5) is 12.1. The van der Waals surface area contributed by atoms with Crippen molar-refractivity contribution >= 4 is 14.0 Å². The number of nitrogens with zero attached hydrogens (tertiary/aromatic N) is 1. The third-order valence-electron chi connectivity index (χ3n) is 5.04. The predicted octanol–water partition coefficient (Wildman–Crippen LogP) is 2.93. The van der Waals surface area contributed by atoms with Gasteiger partial charge < -0.3 is 14.0 Å². The molecule has 0 N–H and O–H groups in total. The molecule has 0 unspecified atom stereocenters. The Kier molecular flexibility index (Phi) is 5.32. The summed E-state index contributed by atoms with van der Waals surface area (Å²) in [5.74, 6) is 1.96. The van der Waals surface area contributed by atoms with Gasteiger partial charge in [-0.1, -0.05) is 36.8 Å². The largest absolute Gasteiger partial charge is 0.493 e. The normalized spacial score (nSPS) is 15.0. The molecule has 0 spiro atoms. The van der Waals surface area contributed by atoms with Crippen LogP contribution >= 0.6 is 0 Å². The molecule has 1 fully saturated rings. The fourth-order valence-corrected chi connectivity index (χ4v) is 4.26. The third kappa shape index (κ3) is 3.98. The topological polar surface area (TPSA) is 40.5 Å². The molecule has 1 aromatic heterocycles. The zero-order valence-electron chi connectivity index (χ0n) is 15.5. The lowest BCUT2D eigenvalue weighted by molar-refractivity contribution is 0.301. The Bertz CT molecular complexity index is 811. The standard InChI is InChI=1S/C20H27NO3Si/c1-5-25(4)16-8-9-18(24-13-14-6-7-14)17(11-16)15-10-19(23-3)20(22)21(2)12-15/h8-12,14,25H,5-7,13H2,1-4H3/t25-/m1/s1. The molecule has 4 nitrogen and oxygen atoms in total. The molecule has 0 saturated heterocycles. The molecule has 134 valence electrons. The quantitative estimate of drug-likeness (QED) is 0.716. The first-order chi connectivity index (χ1) is 12.0. The van der Waals surface area contributed by atoms with Crippen molar-refractivity contribution in [1.29, 1.82) is 0 Å². The number of benzene rings is 1. The number of hydrogen-bond acceptors (Lipinski definition) is 3.